The van der Waals surface area contributed by atoms with Gasteiger partial charge in [-0.3, -0.25) is 9.89 Å². The van der Waals surface area contributed by atoms with Crippen LogP contribution in [0.1, 0.15) is 42.4 Å². The minimum atomic E-state index is -0.471. The van der Waals surface area contributed by atoms with Crippen molar-refractivity contribution in [1.82, 2.24) is 15.1 Å². The van der Waals surface area contributed by atoms with Gasteiger partial charge in [-0.05, 0) is 6.42 Å². The third-order valence-corrected chi connectivity index (χ3v) is 4.21. The molecule has 1 aromatic heterocycles. The minimum Gasteiger partial charge on any atom is -0.395 e. The summed E-state index contributed by atoms with van der Waals surface area (Å²) in [6.45, 7) is 4.55. The number of carbonyl (C=O) groups excluding carboxylic acids is 1. The van der Waals surface area contributed by atoms with E-state index in [-0.39, 0.29) is 5.91 Å². The van der Waals surface area contributed by atoms with Gasteiger partial charge in [-0.15, -0.1) is 0 Å². The Morgan fingerprint density at radius 3 is 2.67 bits per heavy atom. The molecule has 0 aromatic carbocycles. The average Bonchev–Trinajstić information content (AvgIpc) is 3.08. The Hall–Kier alpha value is -1.60. The van der Waals surface area contributed by atoms with E-state index < -0.39 is 5.79 Å². The molecule has 2 aliphatic rings. The molecule has 7 nitrogen and oxygen atoms in total. The number of aromatic nitrogens is 2. The number of anilines is 1. The van der Waals surface area contributed by atoms with E-state index in [0.717, 1.165) is 18.5 Å². The van der Waals surface area contributed by atoms with Crippen LogP contribution in [0.5, 0.6) is 0 Å². The van der Waals surface area contributed by atoms with Crippen molar-refractivity contribution in [3.05, 3.63) is 11.4 Å². The van der Waals surface area contributed by atoms with Gasteiger partial charge in [0.2, 0.25) is 0 Å². The van der Waals surface area contributed by atoms with Gasteiger partial charge in [0.25, 0.3) is 5.91 Å². The molecule has 0 atom stereocenters. The van der Waals surface area contributed by atoms with E-state index in [1.807, 2.05) is 0 Å². The van der Waals surface area contributed by atoms with Crippen molar-refractivity contribution in [3.8, 4) is 0 Å². The largest absolute Gasteiger partial charge is 0.395 e. The van der Waals surface area contributed by atoms with Gasteiger partial charge in [0.1, 0.15) is 0 Å². The highest BCUT2D eigenvalue weighted by Gasteiger charge is 2.41. The second kappa shape index (κ2) is 5.65. The van der Waals surface area contributed by atoms with Crippen molar-refractivity contribution in [2.45, 2.75) is 38.4 Å². The number of H-pyrrole nitrogens is 1. The zero-order valence-corrected chi connectivity index (χ0v) is 12.4. The summed E-state index contributed by atoms with van der Waals surface area (Å²) in [6.07, 6.45) is 3.16. The quantitative estimate of drug-likeness (QED) is 0.864. The Labute approximate surface area is 123 Å². The fourth-order valence-electron chi connectivity index (χ4n) is 2.98. The molecule has 3 heterocycles. The number of nitrogen functional groups attached to an aromatic ring is 1. The highest BCUT2D eigenvalue weighted by molar-refractivity contribution is 5.97. The van der Waals surface area contributed by atoms with Crippen LogP contribution in [-0.4, -0.2) is 53.1 Å². The number of amides is 1. The predicted molar refractivity (Wildman–Crippen MR) is 76.8 cm³/mol. The number of carbonyl (C=O) groups is 1. The second-order valence-corrected chi connectivity index (χ2v) is 5.61. The van der Waals surface area contributed by atoms with Crippen molar-refractivity contribution in [2.75, 3.05) is 32.0 Å². The van der Waals surface area contributed by atoms with Crippen LogP contribution < -0.4 is 5.73 Å². The normalized spacial score (nSPS) is 21.1. The number of nitrogens with zero attached hydrogens (tertiary/aromatic N) is 2. The first kappa shape index (κ1) is 14.3. The Bertz CT molecular complexity index is 512. The summed E-state index contributed by atoms with van der Waals surface area (Å²) in [5.74, 6) is -0.583. The number of piperidine rings is 1. The van der Waals surface area contributed by atoms with Gasteiger partial charge in [-0.1, -0.05) is 13.3 Å². The van der Waals surface area contributed by atoms with Gasteiger partial charge >= 0.3 is 0 Å². The Balaban J connectivity index is 1.66. The number of nitrogens with two attached hydrogens (primary N) is 1. The molecule has 3 N–H and O–H groups in total. The monoisotopic (exact) mass is 294 g/mol. The number of likely N-dealkylation sites (tertiary alicyclic amines) is 1. The van der Waals surface area contributed by atoms with Crippen molar-refractivity contribution in [1.29, 1.82) is 0 Å². The van der Waals surface area contributed by atoms with Gasteiger partial charge < -0.3 is 20.1 Å². The van der Waals surface area contributed by atoms with Crippen molar-refractivity contribution in [2.24, 2.45) is 0 Å². The smallest absolute Gasteiger partial charge is 0.276 e. The molecule has 7 heteroatoms. The number of ether oxygens (including phenoxy) is 2. The maximum Gasteiger partial charge on any atom is 0.276 e. The summed E-state index contributed by atoms with van der Waals surface area (Å²) in [5, 5.41) is 6.97. The molecule has 0 unspecified atom stereocenters. The zero-order valence-electron chi connectivity index (χ0n) is 12.4. The number of aryl methyl sites for hydroxylation is 1. The van der Waals surface area contributed by atoms with E-state index in [1.165, 1.54) is 0 Å². The number of hydrogen-bond donors (Lipinski definition) is 2. The van der Waals surface area contributed by atoms with Gasteiger partial charge in [0, 0.05) is 25.9 Å². The highest BCUT2D eigenvalue weighted by atomic mass is 16.7. The van der Waals surface area contributed by atoms with E-state index in [9.17, 15) is 4.79 Å². The molecular formula is C14H22N4O3. The molecule has 0 bridgehead atoms. The Morgan fingerprint density at radius 2 is 2.05 bits per heavy atom. The van der Waals surface area contributed by atoms with E-state index in [4.69, 9.17) is 15.2 Å². The average molecular weight is 294 g/mol. The lowest BCUT2D eigenvalue weighted by Gasteiger charge is -2.37. The summed E-state index contributed by atoms with van der Waals surface area (Å²) < 4.78 is 11.3. The topological polar surface area (TPSA) is 93.5 Å². The van der Waals surface area contributed by atoms with Crippen LogP contribution >= 0.6 is 0 Å². The first-order chi connectivity index (χ1) is 10.2. The molecule has 116 valence electrons. The first-order valence-corrected chi connectivity index (χ1v) is 7.55. The van der Waals surface area contributed by atoms with Crippen LogP contribution in [-0.2, 0) is 15.9 Å². The van der Waals surface area contributed by atoms with Crippen LogP contribution in [0.2, 0.25) is 0 Å². The van der Waals surface area contributed by atoms with Gasteiger partial charge in [0.05, 0.1) is 24.6 Å². The fraction of sp³-hybridized carbons (Fsp3) is 0.714. The molecule has 1 aromatic rings. The summed E-state index contributed by atoms with van der Waals surface area (Å²) in [4.78, 5) is 14.3. The molecule has 2 saturated heterocycles. The van der Waals surface area contributed by atoms with Crippen LogP contribution in [0.15, 0.2) is 0 Å². The van der Waals surface area contributed by atoms with Gasteiger partial charge in [0.15, 0.2) is 11.5 Å². The molecule has 0 saturated carbocycles. The number of aromatic amines is 1. The molecule has 1 amide bonds. The fourth-order valence-corrected chi connectivity index (χ4v) is 2.98. The summed E-state index contributed by atoms with van der Waals surface area (Å²) in [6, 6.07) is 0. The van der Waals surface area contributed by atoms with Crippen molar-refractivity contribution >= 4 is 11.6 Å². The highest BCUT2D eigenvalue weighted by Crippen LogP contribution is 2.32. The van der Waals surface area contributed by atoms with E-state index in [0.29, 0.717) is 50.5 Å². The van der Waals surface area contributed by atoms with Crippen molar-refractivity contribution in [3.63, 3.8) is 0 Å². The summed E-state index contributed by atoms with van der Waals surface area (Å²) >= 11 is 0. The lowest BCUT2D eigenvalue weighted by molar-refractivity contribution is -0.181. The predicted octanol–water partition coefficient (Wildman–Crippen LogP) is 0.923. The number of rotatable bonds is 3. The second-order valence-electron chi connectivity index (χ2n) is 5.61. The Morgan fingerprint density at radius 1 is 1.38 bits per heavy atom. The van der Waals surface area contributed by atoms with Crippen LogP contribution in [0.4, 0.5) is 5.69 Å². The molecule has 21 heavy (non-hydrogen) atoms. The molecule has 3 rings (SSSR count). The molecule has 1 spiro atoms. The number of nitrogens with one attached hydrogen (secondary N) is 1. The van der Waals surface area contributed by atoms with E-state index >= 15 is 0 Å². The van der Waals surface area contributed by atoms with Gasteiger partial charge in [-0.25, -0.2) is 0 Å². The zero-order chi connectivity index (χ0) is 14.9. The minimum absolute atomic E-state index is 0.112. The lowest BCUT2D eigenvalue weighted by Crippen LogP contribution is -2.47. The molecular weight excluding hydrogens is 272 g/mol. The molecule has 2 fully saturated rings. The lowest BCUT2D eigenvalue weighted by atomic mass is 10.0. The van der Waals surface area contributed by atoms with E-state index in [1.54, 1.807) is 4.90 Å². The summed E-state index contributed by atoms with van der Waals surface area (Å²) in [5.41, 5.74) is 7.68. The van der Waals surface area contributed by atoms with Crippen LogP contribution in [0, 0.1) is 0 Å². The molecule has 0 aliphatic carbocycles. The standard InChI is InChI=1S/C14H22N4O3/c1-2-3-10-11(15)12(17-16-10)13(19)18-6-4-14(5-7-18)20-8-9-21-14/h2-9,15H2,1H3,(H,16,17). The maximum atomic E-state index is 12.5. The molecule has 2 aliphatic heterocycles. The van der Waals surface area contributed by atoms with Gasteiger partial charge in [-0.2, -0.15) is 5.10 Å². The van der Waals surface area contributed by atoms with Crippen LogP contribution in [0.25, 0.3) is 0 Å². The number of hydrogen-bond acceptors (Lipinski definition) is 5. The third-order valence-electron chi connectivity index (χ3n) is 4.21. The Kier molecular flexibility index (Phi) is 3.86. The SMILES string of the molecule is CCCc1[nH]nc(C(=O)N2CCC3(CC2)OCCO3)c1N. The van der Waals surface area contributed by atoms with Crippen LogP contribution in [0.3, 0.4) is 0 Å². The third kappa shape index (κ3) is 2.63. The van der Waals surface area contributed by atoms with E-state index in [2.05, 4.69) is 17.1 Å². The maximum absolute atomic E-state index is 12.5. The van der Waals surface area contributed by atoms with Crippen molar-refractivity contribution < 1.29 is 14.3 Å². The summed E-state index contributed by atoms with van der Waals surface area (Å²) in [7, 11) is 0. The molecule has 0 radical (unpaired) electrons. The first-order valence-electron chi connectivity index (χ1n) is 7.55.